The predicted molar refractivity (Wildman–Crippen MR) is 72.6 cm³/mol. The van der Waals surface area contributed by atoms with Gasteiger partial charge in [-0.1, -0.05) is 28.1 Å². The lowest BCUT2D eigenvalue weighted by Crippen LogP contribution is -2.18. The molecule has 1 atom stereocenters. The molecule has 3 nitrogen and oxygen atoms in total. The fraction of sp³-hybridized carbons (Fsp3) is 0.308. The number of nitrogens with one attached hydrogen (secondary N) is 1. The smallest absolute Gasteiger partial charge is 0.0762 e. The van der Waals surface area contributed by atoms with E-state index in [2.05, 4.69) is 51.5 Å². The Balaban J connectivity index is 1.95. The van der Waals surface area contributed by atoms with Crippen molar-refractivity contribution in [3.63, 3.8) is 0 Å². The molecule has 0 fully saturated rings. The summed E-state index contributed by atoms with van der Waals surface area (Å²) in [5.41, 5.74) is 2.34. The van der Waals surface area contributed by atoms with E-state index in [1.54, 1.807) is 0 Å². The van der Waals surface area contributed by atoms with Crippen molar-refractivity contribution in [2.24, 2.45) is 7.05 Å². The van der Waals surface area contributed by atoms with Crippen LogP contribution in [0, 0.1) is 0 Å². The lowest BCUT2D eigenvalue weighted by atomic mass is 10.1. The van der Waals surface area contributed by atoms with Crippen molar-refractivity contribution < 1.29 is 0 Å². The summed E-state index contributed by atoms with van der Waals surface area (Å²) in [5.74, 6) is 0. The molecular weight excluding hydrogens is 278 g/mol. The number of halogens is 1. The van der Waals surface area contributed by atoms with Gasteiger partial charge in [0.25, 0.3) is 0 Å². The Hall–Kier alpha value is -1.13. The molecule has 0 spiro atoms. The molecule has 1 aromatic carbocycles. The molecule has 90 valence electrons. The summed E-state index contributed by atoms with van der Waals surface area (Å²) in [4.78, 5) is 0. The molecule has 1 aromatic heterocycles. The second-order valence-electron chi connectivity index (χ2n) is 4.14. The van der Waals surface area contributed by atoms with Crippen LogP contribution >= 0.6 is 15.9 Å². The molecule has 0 radical (unpaired) electrons. The van der Waals surface area contributed by atoms with Crippen LogP contribution in [-0.2, 0) is 13.6 Å². The van der Waals surface area contributed by atoms with Crippen LogP contribution in [0.5, 0.6) is 0 Å². The van der Waals surface area contributed by atoms with Gasteiger partial charge in [-0.2, -0.15) is 5.10 Å². The first-order chi connectivity index (χ1) is 8.15. The molecule has 0 aliphatic heterocycles. The van der Waals surface area contributed by atoms with Crippen molar-refractivity contribution in [2.45, 2.75) is 19.5 Å². The topological polar surface area (TPSA) is 29.9 Å². The van der Waals surface area contributed by atoms with Crippen LogP contribution in [-0.4, -0.2) is 9.78 Å². The first-order valence-electron chi connectivity index (χ1n) is 5.62. The highest BCUT2D eigenvalue weighted by Crippen LogP contribution is 2.18. The summed E-state index contributed by atoms with van der Waals surface area (Å²) < 4.78 is 2.93. The quantitative estimate of drug-likeness (QED) is 0.939. The molecule has 17 heavy (non-hydrogen) atoms. The zero-order valence-corrected chi connectivity index (χ0v) is 11.6. The Bertz CT molecular complexity index is 493. The van der Waals surface area contributed by atoms with E-state index in [-0.39, 0.29) is 0 Å². The maximum Gasteiger partial charge on any atom is 0.0762 e. The fourth-order valence-corrected chi connectivity index (χ4v) is 2.13. The fourth-order valence-electron chi connectivity index (χ4n) is 1.71. The highest BCUT2D eigenvalue weighted by molar-refractivity contribution is 9.10. The van der Waals surface area contributed by atoms with Crippen LogP contribution in [0.1, 0.15) is 24.2 Å². The van der Waals surface area contributed by atoms with Gasteiger partial charge in [0.15, 0.2) is 0 Å². The molecule has 0 saturated carbocycles. The van der Waals surface area contributed by atoms with Crippen molar-refractivity contribution in [1.29, 1.82) is 0 Å². The molecule has 2 rings (SSSR count). The normalized spacial score (nSPS) is 12.6. The number of hydrogen-bond acceptors (Lipinski definition) is 2. The molecular formula is C13H16BrN3. The van der Waals surface area contributed by atoms with E-state index in [1.165, 1.54) is 5.56 Å². The molecule has 0 saturated heterocycles. The molecule has 0 amide bonds. The molecule has 0 unspecified atom stereocenters. The Morgan fingerprint density at radius 2 is 2.24 bits per heavy atom. The molecule has 4 heteroatoms. The Morgan fingerprint density at radius 1 is 1.41 bits per heavy atom. The van der Waals surface area contributed by atoms with E-state index >= 15 is 0 Å². The van der Waals surface area contributed by atoms with Gasteiger partial charge in [-0.3, -0.25) is 4.68 Å². The minimum Gasteiger partial charge on any atom is -0.304 e. The minimum absolute atomic E-state index is 0.314. The largest absolute Gasteiger partial charge is 0.304 e. The third kappa shape index (κ3) is 3.41. The van der Waals surface area contributed by atoms with E-state index in [4.69, 9.17) is 0 Å². The van der Waals surface area contributed by atoms with Gasteiger partial charge in [0.1, 0.15) is 0 Å². The van der Waals surface area contributed by atoms with Crippen LogP contribution in [0.2, 0.25) is 0 Å². The highest BCUT2D eigenvalue weighted by atomic mass is 79.9. The number of hydrogen-bond donors (Lipinski definition) is 1. The van der Waals surface area contributed by atoms with Gasteiger partial charge in [0.05, 0.1) is 5.69 Å². The van der Waals surface area contributed by atoms with Crippen molar-refractivity contribution in [3.05, 3.63) is 52.3 Å². The van der Waals surface area contributed by atoms with Gasteiger partial charge in [0.2, 0.25) is 0 Å². The lowest BCUT2D eigenvalue weighted by Gasteiger charge is -2.13. The number of aromatic nitrogens is 2. The Morgan fingerprint density at radius 3 is 2.88 bits per heavy atom. The zero-order chi connectivity index (χ0) is 12.3. The SMILES string of the molecule is C[C@@H](NCc1ccn(C)n1)c1cccc(Br)c1. The monoisotopic (exact) mass is 293 g/mol. The zero-order valence-electron chi connectivity index (χ0n) is 10.0. The Labute approximate surface area is 110 Å². The van der Waals surface area contributed by atoms with E-state index < -0.39 is 0 Å². The molecule has 0 aliphatic carbocycles. The maximum atomic E-state index is 4.34. The molecule has 1 heterocycles. The summed E-state index contributed by atoms with van der Waals surface area (Å²) in [7, 11) is 1.93. The van der Waals surface area contributed by atoms with Crippen LogP contribution in [0.4, 0.5) is 0 Å². The van der Waals surface area contributed by atoms with E-state index in [0.29, 0.717) is 6.04 Å². The number of benzene rings is 1. The molecule has 1 N–H and O–H groups in total. The third-order valence-electron chi connectivity index (χ3n) is 2.71. The molecule has 2 aromatic rings. The predicted octanol–water partition coefficient (Wildman–Crippen LogP) is 3.03. The minimum atomic E-state index is 0.314. The van der Waals surface area contributed by atoms with Gasteiger partial charge in [-0.15, -0.1) is 0 Å². The highest BCUT2D eigenvalue weighted by Gasteiger charge is 2.05. The second kappa shape index (κ2) is 5.47. The molecule has 0 aliphatic rings. The van der Waals surface area contributed by atoms with Gasteiger partial charge >= 0.3 is 0 Å². The average Bonchev–Trinajstić information content (AvgIpc) is 2.72. The second-order valence-corrected chi connectivity index (χ2v) is 5.05. The summed E-state index contributed by atoms with van der Waals surface area (Å²) in [6.45, 7) is 2.94. The van der Waals surface area contributed by atoms with Gasteiger partial charge in [-0.05, 0) is 30.7 Å². The van der Waals surface area contributed by atoms with Crippen molar-refractivity contribution in [3.8, 4) is 0 Å². The molecule has 0 bridgehead atoms. The average molecular weight is 294 g/mol. The van der Waals surface area contributed by atoms with Crippen molar-refractivity contribution in [1.82, 2.24) is 15.1 Å². The standard InChI is InChI=1S/C13H16BrN3/c1-10(11-4-3-5-12(14)8-11)15-9-13-6-7-17(2)16-13/h3-8,10,15H,9H2,1-2H3/t10-/m1/s1. The summed E-state index contributed by atoms with van der Waals surface area (Å²) in [5, 5.41) is 7.80. The first-order valence-corrected chi connectivity index (χ1v) is 6.42. The summed E-state index contributed by atoms with van der Waals surface area (Å²) >= 11 is 3.49. The summed E-state index contributed by atoms with van der Waals surface area (Å²) in [6, 6.07) is 10.7. The van der Waals surface area contributed by atoms with Gasteiger partial charge < -0.3 is 5.32 Å². The van der Waals surface area contributed by atoms with E-state index in [0.717, 1.165) is 16.7 Å². The Kier molecular flexibility index (Phi) is 3.97. The van der Waals surface area contributed by atoms with Crippen LogP contribution in [0.15, 0.2) is 41.0 Å². The van der Waals surface area contributed by atoms with Crippen molar-refractivity contribution in [2.75, 3.05) is 0 Å². The van der Waals surface area contributed by atoms with Gasteiger partial charge in [-0.25, -0.2) is 0 Å². The maximum absolute atomic E-state index is 4.34. The lowest BCUT2D eigenvalue weighted by molar-refractivity contribution is 0.561. The number of aryl methyl sites for hydroxylation is 1. The first kappa shape index (κ1) is 12.3. The summed E-state index contributed by atoms with van der Waals surface area (Å²) in [6.07, 6.45) is 1.96. The van der Waals surface area contributed by atoms with Crippen LogP contribution < -0.4 is 5.32 Å². The van der Waals surface area contributed by atoms with E-state index in [9.17, 15) is 0 Å². The van der Waals surface area contributed by atoms with E-state index in [1.807, 2.05) is 30.1 Å². The van der Waals surface area contributed by atoms with Gasteiger partial charge in [0, 0.05) is 30.3 Å². The number of rotatable bonds is 4. The van der Waals surface area contributed by atoms with Crippen molar-refractivity contribution >= 4 is 15.9 Å². The number of nitrogens with zero attached hydrogens (tertiary/aromatic N) is 2. The third-order valence-corrected chi connectivity index (χ3v) is 3.20. The van der Waals surface area contributed by atoms with Crippen LogP contribution in [0.3, 0.4) is 0 Å². The van der Waals surface area contributed by atoms with Crippen LogP contribution in [0.25, 0.3) is 0 Å².